The lowest BCUT2D eigenvalue weighted by atomic mass is 10.1. The summed E-state index contributed by atoms with van der Waals surface area (Å²) in [6, 6.07) is 12.6. The average molecular weight is 368 g/mol. The molecule has 27 heavy (non-hydrogen) atoms. The van der Waals surface area contributed by atoms with E-state index in [0.29, 0.717) is 18.0 Å². The number of ether oxygens (including phenoxy) is 2. The number of hydrogen-bond acceptors (Lipinski definition) is 4. The Bertz CT molecular complexity index is 850. The quantitative estimate of drug-likeness (QED) is 0.850. The SMILES string of the molecule is COc1ccc(CC(=O)N[C@H](C)C(=O)N2CCc3ccccc32)cc1OC. The third-order valence-corrected chi connectivity index (χ3v) is 4.71. The van der Waals surface area contributed by atoms with Crippen molar-refractivity contribution in [3.8, 4) is 11.5 Å². The van der Waals surface area contributed by atoms with E-state index in [1.165, 1.54) is 0 Å². The molecule has 3 rings (SSSR count). The van der Waals surface area contributed by atoms with Crippen LogP contribution in [0.4, 0.5) is 5.69 Å². The molecule has 1 atom stereocenters. The van der Waals surface area contributed by atoms with Crippen LogP contribution in [0.5, 0.6) is 11.5 Å². The molecule has 0 saturated carbocycles. The summed E-state index contributed by atoms with van der Waals surface area (Å²) in [6.07, 6.45) is 1.00. The van der Waals surface area contributed by atoms with E-state index in [0.717, 1.165) is 23.2 Å². The van der Waals surface area contributed by atoms with Crippen LogP contribution in [0.25, 0.3) is 0 Å². The van der Waals surface area contributed by atoms with Crippen LogP contribution in [0, 0.1) is 0 Å². The van der Waals surface area contributed by atoms with Crippen LogP contribution in [-0.4, -0.2) is 38.6 Å². The van der Waals surface area contributed by atoms with E-state index < -0.39 is 6.04 Å². The number of hydrogen-bond donors (Lipinski definition) is 1. The zero-order valence-corrected chi connectivity index (χ0v) is 15.8. The van der Waals surface area contributed by atoms with Crippen LogP contribution in [0.2, 0.25) is 0 Å². The number of anilines is 1. The van der Waals surface area contributed by atoms with E-state index in [2.05, 4.69) is 5.32 Å². The molecule has 1 N–H and O–H groups in total. The maximum absolute atomic E-state index is 12.8. The van der Waals surface area contributed by atoms with Crippen LogP contribution in [0.3, 0.4) is 0 Å². The van der Waals surface area contributed by atoms with E-state index in [1.54, 1.807) is 38.2 Å². The van der Waals surface area contributed by atoms with Gasteiger partial charge < -0.3 is 19.7 Å². The van der Waals surface area contributed by atoms with E-state index in [-0.39, 0.29) is 18.2 Å². The van der Waals surface area contributed by atoms with Crippen molar-refractivity contribution in [3.05, 3.63) is 53.6 Å². The molecule has 0 aliphatic carbocycles. The molecule has 0 aromatic heterocycles. The maximum Gasteiger partial charge on any atom is 0.249 e. The Morgan fingerprint density at radius 2 is 1.85 bits per heavy atom. The van der Waals surface area contributed by atoms with Crippen molar-refractivity contribution in [3.63, 3.8) is 0 Å². The lowest BCUT2D eigenvalue weighted by Crippen LogP contribution is -2.47. The van der Waals surface area contributed by atoms with Gasteiger partial charge in [0.15, 0.2) is 11.5 Å². The second kappa shape index (κ2) is 8.12. The Labute approximate surface area is 159 Å². The summed E-state index contributed by atoms with van der Waals surface area (Å²) in [5.41, 5.74) is 2.88. The van der Waals surface area contributed by atoms with Gasteiger partial charge in [-0.3, -0.25) is 9.59 Å². The summed E-state index contributed by atoms with van der Waals surface area (Å²) in [4.78, 5) is 26.9. The van der Waals surface area contributed by atoms with Crippen molar-refractivity contribution in [1.82, 2.24) is 5.32 Å². The number of nitrogens with one attached hydrogen (secondary N) is 1. The number of benzene rings is 2. The summed E-state index contributed by atoms with van der Waals surface area (Å²) >= 11 is 0. The Kier molecular flexibility index (Phi) is 5.64. The summed E-state index contributed by atoms with van der Waals surface area (Å²) in [7, 11) is 3.12. The smallest absolute Gasteiger partial charge is 0.249 e. The monoisotopic (exact) mass is 368 g/mol. The molecule has 2 aromatic carbocycles. The van der Waals surface area contributed by atoms with Crippen molar-refractivity contribution in [2.24, 2.45) is 0 Å². The van der Waals surface area contributed by atoms with Gasteiger partial charge >= 0.3 is 0 Å². The number of rotatable bonds is 6. The second-order valence-corrected chi connectivity index (χ2v) is 6.52. The first-order chi connectivity index (χ1) is 13.0. The molecule has 2 amide bonds. The number of nitrogens with zero attached hydrogens (tertiary/aromatic N) is 1. The van der Waals surface area contributed by atoms with E-state index >= 15 is 0 Å². The zero-order valence-electron chi connectivity index (χ0n) is 15.8. The van der Waals surface area contributed by atoms with Crippen LogP contribution in [0.1, 0.15) is 18.1 Å². The number of carbonyl (C=O) groups is 2. The Hall–Kier alpha value is -3.02. The largest absolute Gasteiger partial charge is 0.493 e. The summed E-state index contributed by atoms with van der Waals surface area (Å²) in [5, 5.41) is 2.80. The van der Waals surface area contributed by atoms with Gasteiger partial charge in [0.25, 0.3) is 0 Å². The van der Waals surface area contributed by atoms with Crippen LogP contribution in [0.15, 0.2) is 42.5 Å². The molecule has 6 nitrogen and oxygen atoms in total. The highest BCUT2D eigenvalue weighted by atomic mass is 16.5. The highest BCUT2D eigenvalue weighted by molar-refractivity contribution is 6.00. The predicted octanol–water partition coefficient (Wildman–Crippen LogP) is 2.34. The molecule has 1 heterocycles. The van der Waals surface area contributed by atoms with Gasteiger partial charge in [-0.2, -0.15) is 0 Å². The fourth-order valence-corrected chi connectivity index (χ4v) is 3.33. The highest BCUT2D eigenvalue weighted by Crippen LogP contribution is 2.29. The Balaban J connectivity index is 1.62. The molecule has 1 aliphatic heterocycles. The standard InChI is InChI=1S/C21H24N2O4/c1-14(21(25)23-11-10-16-6-4-5-7-17(16)23)22-20(24)13-15-8-9-18(26-2)19(12-15)27-3/h4-9,12,14H,10-11,13H2,1-3H3,(H,22,24)/t14-/m1/s1. The van der Waals surface area contributed by atoms with Crippen molar-refractivity contribution < 1.29 is 19.1 Å². The van der Waals surface area contributed by atoms with Crippen molar-refractivity contribution in [1.29, 1.82) is 0 Å². The van der Waals surface area contributed by atoms with E-state index in [4.69, 9.17) is 9.47 Å². The fraction of sp³-hybridized carbons (Fsp3) is 0.333. The fourth-order valence-electron chi connectivity index (χ4n) is 3.33. The van der Waals surface area contributed by atoms with Gasteiger partial charge in [0.1, 0.15) is 6.04 Å². The third-order valence-electron chi connectivity index (χ3n) is 4.71. The van der Waals surface area contributed by atoms with E-state index in [9.17, 15) is 9.59 Å². The molecule has 1 aliphatic rings. The van der Waals surface area contributed by atoms with Crippen LogP contribution < -0.4 is 19.7 Å². The van der Waals surface area contributed by atoms with Gasteiger partial charge in [-0.25, -0.2) is 0 Å². The van der Waals surface area contributed by atoms with Crippen molar-refractivity contribution in [2.75, 3.05) is 25.7 Å². The first-order valence-electron chi connectivity index (χ1n) is 8.93. The molecule has 2 aromatic rings. The molecule has 0 radical (unpaired) electrons. The van der Waals surface area contributed by atoms with Gasteiger partial charge in [-0.15, -0.1) is 0 Å². The first-order valence-corrected chi connectivity index (χ1v) is 8.93. The number of amides is 2. The second-order valence-electron chi connectivity index (χ2n) is 6.52. The molecular formula is C21H24N2O4. The van der Waals surface area contributed by atoms with Gasteiger partial charge in [0.05, 0.1) is 20.6 Å². The number of para-hydroxylation sites is 1. The molecule has 0 unspecified atom stereocenters. The summed E-state index contributed by atoms with van der Waals surface area (Å²) in [5.74, 6) is 0.870. The van der Waals surface area contributed by atoms with Gasteiger partial charge in [0.2, 0.25) is 11.8 Å². The minimum Gasteiger partial charge on any atom is -0.493 e. The zero-order chi connectivity index (χ0) is 19.4. The predicted molar refractivity (Wildman–Crippen MR) is 103 cm³/mol. The topological polar surface area (TPSA) is 67.9 Å². The lowest BCUT2D eigenvalue weighted by molar-refractivity contribution is -0.126. The van der Waals surface area contributed by atoms with Gasteiger partial charge in [-0.05, 0) is 42.7 Å². The molecule has 6 heteroatoms. The molecule has 0 saturated heterocycles. The molecule has 0 bridgehead atoms. The average Bonchev–Trinajstić information content (AvgIpc) is 3.11. The Morgan fingerprint density at radius 1 is 1.11 bits per heavy atom. The number of fused-ring (bicyclic) bond motifs is 1. The molecule has 142 valence electrons. The Morgan fingerprint density at radius 3 is 2.59 bits per heavy atom. The normalized spacial score (nSPS) is 13.7. The van der Waals surface area contributed by atoms with Crippen LogP contribution in [-0.2, 0) is 22.4 Å². The van der Waals surface area contributed by atoms with Gasteiger partial charge in [0, 0.05) is 12.2 Å². The maximum atomic E-state index is 12.8. The first kappa shape index (κ1) is 18.8. The lowest BCUT2D eigenvalue weighted by Gasteiger charge is -2.22. The summed E-state index contributed by atoms with van der Waals surface area (Å²) < 4.78 is 10.5. The minimum absolute atomic E-state index is 0.0967. The van der Waals surface area contributed by atoms with Crippen molar-refractivity contribution >= 4 is 17.5 Å². The van der Waals surface area contributed by atoms with E-state index in [1.807, 2.05) is 30.3 Å². The van der Waals surface area contributed by atoms with Gasteiger partial charge in [-0.1, -0.05) is 24.3 Å². The van der Waals surface area contributed by atoms with Crippen molar-refractivity contribution in [2.45, 2.75) is 25.8 Å². The third kappa shape index (κ3) is 4.05. The molecular weight excluding hydrogens is 344 g/mol. The minimum atomic E-state index is -0.594. The molecule has 0 fully saturated rings. The molecule has 0 spiro atoms. The number of methoxy groups -OCH3 is 2. The number of carbonyl (C=O) groups excluding carboxylic acids is 2. The summed E-state index contributed by atoms with van der Waals surface area (Å²) in [6.45, 7) is 2.36. The van der Waals surface area contributed by atoms with Crippen LogP contribution >= 0.6 is 0 Å². The highest BCUT2D eigenvalue weighted by Gasteiger charge is 2.28.